The Bertz CT molecular complexity index is 713. The molecular formula is C23H37N3O5. The maximum Gasteiger partial charge on any atom is 0.193 e. The van der Waals surface area contributed by atoms with Crippen molar-refractivity contribution in [3.8, 4) is 17.2 Å². The topological polar surface area (TPSA) is 73.8 Å². The molecule has 0 saturated carbocycles. The van der Waals surface area contributed by atoms with Crippen LogP contribution in [0.3, 0.4) is 0 Å². The fraction of sp³-hybridized carbons (Fsp3) is 0.696. The van der Waals surface area contributed by atoms with Crippen LogP contribution >= 0.6 is 0 Å². The monoisotopic (exact) mass is 435 g/mol. The molecule has 2 heterocycles. The van der Waals surface area contributed by atoms with Crippen molar-refractivity contribution in [1.29, 1.82) is 0 Å². The summed E-state index contributed by atoms with van der Waals surface area (Å²) < 4.78 is 28.2. The van der Waals surface area contributed by atoms with E-state index in [0.717, 1.165) is 62.8 Å². The molecule has 1 aromatic rings. The van der Waals surface area contributed by atoms with Crippen LogP contribution in [0.25, 0.3) is 0 Å². The highest BCUT2D eigenvalue weighted by Gasteiger charge is 2.24. The van der Waals surface area contributed by atoms with Crippen LogP contribution in [0.1, 0.15) is 37.7 Å². The van der Waals surface area contributed by atoms with Gasteiger partial charge in [-0.25, -0.2) is 0 Å². The van der Waals surface area contributed by atoms with E-state index in [9.17, 15) is 0 Å². The average molecular weight is 436 g/mol. The highest BCUT2D eigenvalue weighted by molar-refractivity contribution is 5.80. The Morgan fingerprint density at radius 3 is 2.35 bits per heavy atom. The number of likely N-dealkylation sites (tertiary alicyclic amines) is 1. The highest BCUT2D eigenvalue weighted by atomic mass is 16.5. The summed E-state index contributed by atoms with van der Waals surface area (Å²) in [6.07, 6.45) is 6.11. The van der Waals surface area contributed by atoms with Gasteiger partial charge in [0.1, 0.15) is 5.75 Å². The van der Waals surface area contributed by atoms with Gasteiger partial charge >= 0.3 is 0 Å². The summed E-state index contributed by atoms with van der Waals surface area (Å²) in [5, 5.41) is 3.46. The van der Waals surface area contributed by atoms with Crippen molar-refractivity contribution < 1.29 is 23.7 Å². The molecule has 8 nitrogen and oxygen atoms in total. The van der Waals surface area contributed by atoms with E-state index in [1.807, 2.05) is 19.2 Å². The quantitative estimate of drug-likeness (QED) is 0.497. The molecule has 2 fully saturated rings. The van der Waals surface area contributed by atoms with Gasteiger partial charge in [-0.15, -0.1) is 0 Å². The molecule has 0 radical (unpaired) electrons. The second-order valence-corrected chi connectivity index (χ2v) is 7.93. The van der Waals surface area contributed by atoms with Crippen LogP contribution < -0.4 is 19.5 Å². The molecule has 2 saturated heterocycles. The predicted octanol–water partition coefficient (Wildman–Crippen LogP) is 2.84. The van der Waals surface area contributed by atoms with Crippen molar-refractivity contribution in [2.75, 3.05) is 54.7 Å². The molecule has 0 aromatic heterocycles. The molecule has 0 bridgehead atoms. The number of rotatable bonds is 8. The molecule has 1 N–H and O–H groups in total. The van der Waals surface area contributed by atoms with Gasteiger partial charge in [-0.05, 0) is 38.2 Å². The molecule has 0 aliphatic carbocycles. The fourth-order valence-corrected chi connectivity index (χ4v) is 4.15. The van der Waals surface area contributed by atoms with E-state index in [1.165, 1.54) is 12.8 Å². The highest BCUT2D eigenvalue weighted by Crippen LogP contribution is 2.34. The van der Waals surface area contributed by atoms with E-state index in [2.05, 4.69) is 15.2 Å². The number of nitrogens with zero attached hydrogens (tertiary/aromatic N) is 2. The zero-order chi connectivity index (χ0) is 22.1. The lowest BCUT2D eigenvalue weighted by Gasteiger charge is -2.35. The first-order valence-electron chi connectivity index (χ1n) is 11.2. The molecule has 2 aliphatic heterocycles. The first-order valence-corrected chi connectivity index (χ1v) is 11.2. The molecule has 1 aromatic carbocycles. The van der Waals surface area contributed by atoms with Gasteiger partial charge in [0.05, 0.1) is 40.1 Å². The second kappa shape index (κ2) is 12.0. The summed E-state index contributed by atoms with van der Waals surface area (Å²) in [5.74, 6) is 2.95. The number of aliphatic imine (C=N–C) groups is 1. The first kappa shape index (κ1) is 23.5. The van der Waals surface area contributed by atoms with Crippen molar-refractivity contribution in [2.24, 2.45) is 4.99 Å². The van der Waals surface area contributed by atoms with Gasteiger partial charge < -0.3 is 33.9 Å². The SMILES string of the molecule is CN=C(NCc1cc(OC)c(OC)cc1OC)N1CCC(OCC2CCCCO2)CC1. The van der Waals surface area contributed by atoms with E-state index in [-0.39, 0.29) is 6.10 Å². The van der Waals surface area contributed by atoms with Crippen molar-refractivity contribution in [3.05, 3.63) is 17.7 Å². The zero-order valence-electron chi connectivity index (χ0n) is 19.3. The Labute approximate surface area is 185 Å². The van der Waals surface area contributed by atoms with Gasteiger partial charge in [-0.1, -0.05) is 0 Å². The Kier molecular flexibility index (Phi) is 9.09. The van der Waals surface area contributed by atoms with E-state index in [0.29, 0.717) is 24.1 Å². The maximum atomic E-state index is 6.14. The van der Waals surface area contributed by atoms with Gasteiger partial charge in [-0.3, -0.25) is 4.99 Å². The zero-order valence-corrected chi connectivity index (χ0v) is 19.3. The minimum atomic E-state index is 0.276. The molecule has 1 atom stereocenters. The molecule has 1 unspecified atom stereocenters. The van der Waals surface area contributed by atoms with Crippen molar-refractivity contribution in [3.63, 3.8) is 0 Å². The Morgan fingerprint density at radius 2 is 1.74 bits per heavy atom. The minimum absolute atomic E-state index is 0.276. The van der Waals surface area contributed by atoms with Crippen LogP contribution in [0.5, 0.6) is 17.2 Å². The van der Waals surface area contributed by atoms with Gasteiger partial charge in [-0.2, -0.15) is 0 Å². The van der Waals surface area contributed by atoms with Crippen molar-refractivity contribution in [1.82, 2.24) is 10.2 Å². The Hall–Kier alpha value is -2.19. The molecular weight excluding hydrogens is 398 g/mol. The third-order valence-electron chi connectivity index (χ3n) is 5.97. The summed E-state index contributed by atoms with van der Waals surface area (Å²) in [5.41, 5.74) is 0.979. The van der Waals surface area contributed by atoms with E-state index >= 15 is 0 Å². The van der Waals surface area contributed by atoms with Gasteiger partial charge in [0.15, 0.2) is 17.5 Å². The van der Waals surface area contributed by atoms with Crippen molar-refractivity contribution >= 4 is 5.96 Å². The summed E-state index contributed by atoms with van der Waals surface area (Å²) in [7, 11) is 6.72. The molecule has 3 rings (SSSR count). The molecule has 0 amide bonds. The summed E-state index contributed by atoms with van der Waals surface area (Å²) in [4.78, 5) is 6.76. The standard InChI is InChI=1S/C23H37N3O5/c1-24-23(25-15-17-13-21(28-3)22(29-4)14-20(17)27-2)26-10-8-18(9-11-26)31-16-19-7-5-6-12-30-19/h13-14,18-19H,5-12,15-16H2,1-4H3,(H,24,25). The van der Waals surface area contributed by atoms with Gasteiger partial charge in [0.25, 0.3) is 0 Å². The smallest absolute Gasteiger partial charge is 0.193 e. The largest absolute Gasteiger partial charge is 0.496 e. The van der Waals surface area contributed by atoms with E-state index < -0.39 is 0 Å². The van der Waals surface area contributed by atoms with Crippen LogP contribution in [0.4, 0.5) is 0 Å². The average Bonchev–Trinajstić information content (AvgIpc) is 2.84. The molecule has 8 heteroatoms. The summed E-state index contributed by atoms with van der Waals surface area (Å²) in [6.45, 7) is 4.00. The third-order valence-corrected chi connectivity index (χ3v) is 5.97. The molecule has 31 heavy (non-hydrogen) atoms. The number of piperidine rings is 1. The van der Waals surface area contributed by atoms with E-state index in [1.54, 1.807) is 21.3 Å². The van der Waals surface area contributed by atoms with Gasteiger partial charge in [0.2, 0.25) is 0 Å². The number of nitrogens with one attached hydrogen (secondary N) is 1. The molecule has 2 aliphatic rings. The van der Waals surface area contributed by atoms with Crippen molar-refractivity contribution in [2.45, 2.75) is 50.9 Å². The number of guanidine groups is 1. The predicted molar refractivity (Wildman–Crippen MR) is 120 cm³/mol. The van der Waals surface area contributed by atoms with Crippen LogP contribution in [0, 0.1) is 0 Å². The lowest BCUT2D eigenvalue weighted by molar-refractivity contribution is -0.0721. The lowest BCUT2D eigenvalue weighted by Crippen LogP contribution is -2.47. The van der Waals surface area contributed by atoms with E-state index in [4.69, 9.17) is 23.7 Å². The number of hydrogen-bond acceptors (Lipinski definition) is 6. The van der Waals surface area contributed by atoms with Crippen LogP contribution in [0.15, 0.2) is 17.1 Å². The Morgan fingerprint density at radius 1 is 1.03 bits per heavy atom. The summed E-state index contributed by atoms with van der Waals surface area (Å²) >= 11 is 0. The lowest BCUT2D eigenvalue weighted by atomic mass is 10.1. The maximum absolute atomic E-state index is 6.14. The minimum Gasteiger partial charge on any atom is -0.496 e. The third kappa shape index (κ3) is 6.40. The second-order valence-electron chi connectivity index (χ2n) is 7.93. The van der Waals surface area contributed by atoms with Crippen LogP contribution in [-0.2, 0) is 16.0 Å². The number of benzene rings is 1. The first-order chi connectivity index (χ1) is 15.2. The molecule has 174 valence electrons. The normalized spacial score (nSPS) is 20.5. The molecule has 0 spiro atoms. The fourth-order valence-electron chi connectivity index (χ4n) is 4.15. The Balaban J connectivity index is 1.50. The van der Waals surface area contributed by atoms with Crippen LogP contribution in [0.2, 0.25) is 0 Å². The number of methoxy groups -OCH3 is 3. The summed E-state index contributed by atoms with van der Waals surface area (Å²) in [6, 6.07) is 3.78. The van der Waals surface area contributed by atoms with Gasteiger partial charge in [0, 0.05) is 44.9 Å². The van der Waals surface area contributed by atoms with Crippen LogP contribution in [-0.4, -0.2) is 77.7 Å². The number of hydrogen-bond donors (Lipinski definition) is 1. The number of ether oxygens (including phenoxy) is 5.